The molecular formula is C19H23ClO4. The highest BCUT2D eigenvalue weighted by Gasteiger charge is 2.04. The zero-order chi connectivity index (χ0) is 17.4. The van der Waals surface area contributed by atoms with Crippen LogP contribution in [0.2, 0.25) is 0 Å². The van der Waals surface area contributed by atoms with Crippen molar-refractivity contribution in [1.82, 2.24) is 0 Å². The first kappa shape index (κ1) is 18.6. The van der Waals surface area contributed by atoms with E-state index in [0.29, 0.717) is 12.4 Å². The Morgan fingerprint density at radius 3 is 1.71 bits per heavy atom. The van der Waals surface area contributed by atoms with Crippen LogP contribution in [0.5, 0.6) is 11.5 Å². The maximum Gasteiger partial charge on any atom is 0.119 e. The lowest BCUT2D eigenvalue weighted by Crippen LogP contribution is -2.18. The molecule has 0 heterocycles. The first-order valence-electron chi connectivity index (χ1n) is 7.92. The standard InChI is InChI=1S/C19H23ClO4/c1-14(21)12-23-18-6-2-15(3-7-18)10-16-4-8-19(9-5-16)24-13-17(22)11-20/h2-9,14,17,21-22H,10-13H2,1H3. The molecule has 2 atom stereocenters. The molecule has 0 aliphatic carbocycles. The van der Waals surface area contributed by atoms with Gasteiger partial charge in [0.2, 0.25) is 0 Å². The molecular weight excluding hydrogens is 328 g/mol. The van der Waals surface area contributed by atoms with Crippen molar-refractivity contribution >= 4 is 11.6 Å². The summed E-state index contributed by atoms with van der Waals surface area (Å²) < 4.78 is 10.9. The Kier molecular flexibility index (Phi) is 7.37. The van der Waals surface area contributed by atoms with E-state index < -0.39 is 12.2 Å². The molecule has 0 spiro atoms. The van der Waals surface area contributed by atoms with E-state index in [-0.39, 0.29) is 12.5 Å². The molecule has 2 unspecified atom stereocenters. The van der Waals surface area contributed by atoms with Gasteiger partial charge >= 0.3 is 0 Å². The molecule has 0 amide bonds. The van der Waals surface area contributed by atoms with E-state index in [1.807, 2.05) is 48.5 Å². The average Bonchev–Trinajstić information content (AvgIpc) is 2.60. The Morgan fingerprint density at radius 2 is 1.29 bits per heavy atom. The normalized spacial score (nSPS) is 13.3. The van der Waals surface area contributed by atoms with Gasteiger partial charge in [0.05, 0.1) is 12.0 Å². The Labute approximate surface area is 147 Å². The zero-order valence-electron chi connectivity index (χ0n) is 13.7. The maximum atomic E-state index is 9.38. The third kappa shape index (κ3) is 6.40. The minimum Gasteiger partial charge on any atom is -0.491 e. The van der Waals surface area contributed by atoms with Crippen molar-refractivity contribution in [1.29, 1.82) is 0 Å². The third-order valence-electron chi connectivity index (χ3n) is 3.37. The van der Waals surface area contributed by atoms with E-state index in [0.717, 1.165) is 17.7 Å². The van der Waals surface area contributed by atoms with Gasteiger partial charge in [0.15, 0.2) is 0 Å². The highest BCUT2D eigenvalue weighted by molar-refractivity contribution is 6.18. The molecule has 2 N–H and O–H groups in total. The lowest BCUT2D eigenvalue weighted by Gasteiger charge is -2.11. The van der Waals surface area contributed by atoms with Gasteiger partial charge in [0, 0.05) is 0 Å². The first-order valence-corrected chi connectivity index (χ1v) is 8.46. The van der Waals surface area contributed by atoms with E-state index in [4.69, 9.17) is 21.1 Å². The molecule has 0 bridgehead atoms. The van der Waals surface area contributed by atoms with Gasteiger partial charge in [-0.1, -0.05) is 24.3 Å². The number of hydrogen-bond donors (Lipinski definition) is 2. The van der Waals surface area contributed by atoms with Crippen molar-refractivity contribution in [3.8, 4) is 11.5 Å². The van der Waals surface area contributed by atoms with E-state index in [1.54, 1.807) is 6.92 Å². The average molecular weight is 351 g/mol. The fourth-order valence-corrected chi connectivity index (χ4v) is 2.19. The Balaban J connectivity index is 1.86. The highest BCUT2D eigenvalue weighted by atomic mass is 35.5. The second-order valence-corrected chi connectivity index (χ2v) is 6.05. The molecule has 130 valence electrons. The van der Waals surface area contributed by atoms with Crippen LogP contribution in [0, 0.1) is 0 Å². The third-order valence-corrected chi connectivity index (χ3v) is 3.72. The number of aliphatic hydroxyl groups is 2. The van der Waals surface area contributed by atoms with Crippen molar-refractivity contribution in [2.75, 3.05) is 19.1 Å². The summed E-state index contributed by atoms with van der Waals surface area (Å²) >= 11 is 5.53. The fraction of sp³-hybridized carbons (Fsp3) is 0.368. The summed E-state index contributed by atoms with van der Waals surface area (Å²) in [6.45, 7) is 2.17. The largest absolute Gasteiger partial charge is 0.491 e. The summed E-state index contributed by atoms with van der Waals surface area (Å²) in [6, 6.07) is 15.6. The molecule has 2 rings (SSSR count). The predicted octanol–water partition coefficient (Wildman–Crippen LogP) is 3.02. The van der Waals surface area contributed by atoms with E-state index in [1.165, 1.54) is 5.56 Å². The van der Waals surface area contributed by atoms with Crippen LogP contribution in [-0.2, 0) is 6.42 Å². The van der Waals surface area contributed by atoms with Crippen LogP contribution in [0.4, 0.5) is 0 Å². The van der Waals surface area contributed by atoms with Gasteiger partial charge in [-0.05, 0) is 48.7 Å². The summed E-state index contributed by atoms with van der Waals surface area (Å²) in [5.74, 6) is 1.63. The fourth-order valence-electron chi connectivity index (χ4n) is 2.10. The number of alkyl halides is 1. The number of aliphatic hydroxyl groups excluding tert-OH is 2. The molecule has 2 aromatic rings. The van der Waals surface area contributed by atoms with Crippen LogP contribution < -0.4 is 9.47 Å². The molecule has 0 aliphatic heterocycles. The maximum absolute atomic E-state index is 9.38. The number of rotatable bonds is 9. The highest BCUT2D eigenvalue weighted by Crippen LogP contribution is 2.18. The van der Waals surface area contributed by atoms with Gasteiger partial charge in [-0.2, -0.15) is 0 Å². The zero-order valence-corrected chi connectivity index (χ0v) is 14.4. The predicted molar refractivity (Wildman–Crippen MR) is 95.1 cm³/mol. The summed E-state index contributed by atoms with van der Waals surface area (Å²) in [7, 11) is 0. The monoisotopic (exact) mass is 350 g/mol. The number of hydrogen-bond acceptors (Lipinski definition) is 4. The van der Waals surface area contributed by atoms with Crippen molar-refractivity contribution in [2.24, 2.45) is 0 Å². The molecule has 0 aliphatic rings. The van der Waals surface area contributed by atoms with E-state index >= 15 is 0 Å². The van der Waals surface area contributed by atoms with Gasteiger partial charge in [0.25, 0.3) is 0 Å². The van der Waals surface area contributed by atoms with Gasteiger partial charge in [-0.3, -0.25) is 0 Å². The minimum atomic E-state index is -0.652. The van der Waals surface area contributed by atoms with Crippen LogP contribution in [0.1, 0.15) is 18.1 Å². The molecule has 5 heteroatoms. The van der Waals surface area contributed by atoms with Gasteiger partial charge in [-0.25, -0.2) is 0 Å². The molecule has 24 heavy (non-hydrogen) atoms. The van der Waals surface area contributed by atoms with E-state index in [2.05, 4.69) is 0 Å². The molecule has 0 radical (unpaired) electrons. The van der Waals surface area contributed by atoms with Gasteiger partial charge < -0.3 is 19.7 Å². The quantitative estimate of drug-likeness (QED) is 0.682. The van der Waals surface area contributed by atoms with Gasteiger partial charge in [-0.15, -0.1) is 11.6 Å². The summed E-state index contributed by atoms with van der Waals surface area (Å²) in [4.78, 5) is 0. The lowest BCUT2D eigenvalue weighted by atomic mass is 10.0. The molecule has 4 nitrogen and oxygen atoms in total. The SMILES string of the molecule is CC(O)COc1ccc(Cc2ccc(OCC(O)CCl)cc2)cc1. The smallest absolute Gasteiger partial charge is 0.119 e. The number of ether oxygens (including phenoxy) is 2. The molecule has 0 saturated heterocycles. The van der Waals surface area contributed by atoms with Crippen molar-refractivity contribution in [3.63, 3.8) is 0 Å². The second-order valence-electron chi connectivity index (χ2n) is 5.74. The Morgan fingerprint density at radius 1 is 0.833 bits per heavy atom. The van der Waals surface area contributed by atoms with Crippen LogP contribution in [-0.4, -0.2) is 41.5 Å². The van der Waals surface area contributed by atoms with Gasteiger partial charge in [0.1, 0.15) is 30.8 Å². The molecule has 0 aromatic heterocycles. The van der Waals surface area contributed by atoms with Crippen LogP contribution in [0.3, 0.4) is 0 Å². The van der Waals surface area contributed by atoms with Crippen LogP contribution in [0.25, 0.3) is 0 Å². The van der Waals surface area contributed by atoms with Crippen LogP contribution >= 0.6 is 11.6 Å². The Bertz CT molecular complexity index is 596. The summed E-state index contributed by atoms with van der Waals surface area (Å²) in [6.07, 6.45) is -0.321. The van der Waals surface area contributed by atoms with Crippen molar-refractivity contribution in [3.05, 3.63) is 59.7 Å². The minimum absolute atomic E-state index is 0.162. The van der Waals surface area contributed by atoms with E-state index in [9.17, 15) is 10.2 Å². The molecule has 0 fully saturated rings. The Hall–Kier alpha value is -1.75. The summed E-state index contributed by atoms with van der Waals surface area (Å²) in [5.41, 5.74) is 2.34. The van der Waals surface area contributed by atoms with Crippen molar-refractivity contribution < 1.29 is 19.7 Å². The molecule has 0 saturated carbocycles. The van der Waals surface area contributed by atoms with Crippen LogP contribution in [0.15, 0.2) is 48.5 Å². The molecule has 2 aromatic carbocycles. The summed E-state index contributed by atoms with van der Waals surface area (Å²) in [5, 5.41) is 18.6. The van der Waals surface area contributed by atoms with Crippen molar-refractivity contribution in [2.45, 2.75) is 25.6 Å². The topological polar surface area (TPSA) is 58.9 Å². The lowest BCUT2D eigenvalue weighted by molar-refractivity contribution is 0.122. The first-order chi connectivity index (χ1) is 11.6. The second kappa shape index (κ2) is 9.52. The number of halogens is 1. The number of benzene rings is 2.